The summed E-state index contributed by atoms with van der Waals surface area (Å²) in [5.74, 6) is -0.217. The third kappa shape index (κ3) is 6.28. The summed E-state index contributed by atoms with van der Waals surface area (Å²) in [7, 11) is 5.34. The summed E-state index contributed by atoms with van der Waals surface area (Å²) in [6.45, 7) is 2.94. The first kappa shape index (κ1) is 19.0. The number of carbonyl (C=O) groups is 2. The van der Waals surface area contributed by atoms with Gasteiger partial charge in [0, 0.05) is 45.5 Å². The fourth-order valence-corrected chi connectivity index (χ4v) is 2.11. The summed E-state index contributed by atoms with van der Waals surface area (Å²) < 4.78 is 4.94. The number of amides is 2. The number of benzene rings is 1. The van der Waals surface area contributed by atoms with Crippen LogP contribution in [-0.2, 0) is 9.53 Å². The molecule has 0 aliphatic carbocycles. The summed E-state index contributed by atoms with van der Waals surface area (Å²) in [5.41, 5.74) is 1.96. The SMILES string of the molecule is CCCCC(=O)Nc1ccc(N(C)C)c(C(=O)NCCOC)c1. The van der Waals surface area contributed by atoms with Crippen LogP contribution in [0.3, 0.4) is 0 Å². The minimum absolute atomic E-state index is 0.0322. The molecule has 0 fully saturated rings. The van der Waals surface area contributed by atoms with Gasteiger partial charge >= 0.3 is 0 Å². The summed E-state index contributed by atoms with van der Waals surface area (Å²) in [6.07, 6.45) is 2.31. The minimum atomic E-state index is -0.185. The summed E-state index contributed by atoms with van der Waals surface area (Å²) in [5, 5.41) is 5.65. The van der Waals surface area contributed by atoms with E-state index in [1.54, 1.807) is 13.2 Å². The second-order valence-electron chi connectivity index (χ2n) is 5.53. The van der Waals surface area contributed by atoms with Gasteiger partial charge in [-0.2, -0.15) is 0 Å². The lowest BCUT2D eigenvalue weighted by atomic mass is 10.1. The molecule has 0 radical (unpaired) electrons. The van der Waals surface area contributed by atoms with Crippen LogP contribution in [0, 0.1) is 0 Å². The Bertz CT molecular complexity index is 530. The second kappa shape index (κ2) is 9.84. The van der Waals surface area contributed by atoms with Crippen molar-refractivity contribution in [3.63, 3.8) is 0 Å². The lowest BCUT2D eigenvalue weighted by molar-refractivity contribution is -0.116. The third-order valence-corrected chi connectivity index (χ3v) is 3.36. The number of hydrogen-bond acceptors (Lipinski definition) is 4. The number of rotatable bonds is 9. The zero-order chi connectivity index (χ0) is 17.2. The molecule has 1 rings (SSSR count). The molecule has 23 heavy (non-hydrogen) atoms. The van der Waals surface area contributed by atoms with Crippen molar-refractivity contribution in [2.45, 2.75) is 26.2 Å². The fraction of sp³-hybridized carbons (Fsp3) is 0.529. The lowest BCUT2D eigenvalue weighted by Gasteiger charge is -2.18. The van der Waals surface area contributed by atoms with Crippen LogP contribution in [0.1, 0.15) is 36.5 Å². The van der Waals surface area contributed by atoms with E-state index >= 15 is 0 Å². The summed E-state index contributed by atoms with van der Waals surface area (Å²) in [6, 6.07) is 5.35. The van der Waals surface area contributed by atoms with E-state index in [0.29, 0.717) is 30.8 Å². The normalized spacial score (nSPS) is 10.3. The van der Waals surface area contributed by atoms with E-state index in [2.05, 4.69) is 10.6 Å². The summed E-state index contributed by atoms with van der Waals surface area (Å²) >= 11 is 0. The minimum Gasteiger partial charge on any atom is -0.383 e. The van der Waals surface area contributed by atoms with Gasteiger partial charge in [0.15, 0.2) is 0 Å². The highest BCUT2D eigenvalue weighted by molar-refractivity contribution is 6.02. The monoisotopic (exact) mass is 321 g/mol. The van der Waals surface area contributed by atoms with Crippen molar-refractivity contribution in [3.8, 4) is 0 Å². The van der Waals surface area contributed by atoms with Crippen molar-refractivity contribution in [1.82, 2.24) is 5.32 Å². The molecule has 2 N–H and O–H groups in total. The standard InChI is InChI=1S/C17H27N3O3/c1-5-6-7-16(21)19-13-8-9-15(20(2)3)14(12-13)17(22)18-10-11-23-4/h8-9,12H,5-7,10-11H2,1-4H3,(H,18,22)(H,19,21). The molecule has 0 aliphatic rings. The number of hydrogen-bond donors (Lipinski definition) is 2. The molecule has 2 amide bonds. The molecule has 0 aromatic heterocycles. The first-order chi connectivity index (χ1) is 11.0. The molecule has 0 saturated heterocycles. The van der Waals surface area contributed by atoms with Gasteiger partial charge in [-0.3, -0.25) is 9.59 Å². The van der Waals surface area contributed by atoms with E-state index < -0.39 is 0 Å². The molecule has 0 spiro atoms. The highest BCUT2D eigenvalue weighted by Gasteiger charge is 2.14. The Morgan fingerprint density at radius 2 is 2.00 bits per heavy atom. The third-order valence-electron chi connectivity index (χ3n) is 3.36. The van der Waals surface area contributed by atoms with Crippen LogP contribution in [0.5, 0.6) is 0 Å². The lowest BCUT2D eigenvalue weighted by Crippen LogP contribution is -2.28. The predicted molar refractivity (Wildman–Crippen MR) is 93.1 cm³/mol. The fourth-order valence-electron chi connectivity index (χ4n) is 2.11. The molecular weight excluding hydrogens is 294 g/mol. The largest absolute Gasteiger partial charge is 0.383 e. The Hall–Kier alpha value is -2.08. The van der Waals surface area contributed by atoms with Gasteiger partial charge in [0.05, 0.1) is 12.2 Å². The zero-order valence-corrected chi connectivity index (χ0v) is 14.4. The molecule has 0 heterocycles. The molecule has 1 aromatic rings. The predicted octanol–water partition coefficient (Wildman–Crippen LogP) is 2.26. The van der Waals surface area contributed by atoms with E-state index in [1.807, 2.05) is 38.1 Å². The van der Waals surface area contributed by atoms with Gasteiger partial charge in [0.25, 0.3) is 5.91 Å². The maximum atomic E-state index is 12.3. The first-order valence-electron chi connectivity index (χ1n) is 7.88. The molecule has 0 saturated carbocycles. The molecule has 6 nitrogen and oxygen atoms in total. The van der Waals surface area contributed by atoms with E-state index in [4.69, 9.17) is 4.74 Å². The smallest absolute Gasteiger partial charge is 0.253 e. The molecule has 1 aromatic carbocycles. The molecule has 0 unspecified atom stereocenters. The van der Waals surface area contributed by atoms with Crippen molar-refractivity contribution in [1.29, 1.82) is 0 Å². The number of anilines is 2. The number of nitrogens with zero attached hydrogens (tertiary/aromatic N) is 1. The van der Waals surface area contributed by atoms with E-state index in [1.165, 1.54) is 0 Å². The van der Waals surface area contributed by atoms with E-state index in [9.17, 15) is 9.59 Å². The molecule has 128 valence electrons. The number of unbranched alkanes of at least 4 members (excludes halogenated alkanes) is 1. The van der Waals surface area contributed by atoms with Gasteiger partial charge < -0.3 is 20.3 Å². The maximum absolute atomic E-state index is 12.3. The second-order valence-corrected chi connectivity index (χ2v) is 5.53. The van der Waals surface area contributed by atoms with Crippen molar-refractivity contribution in [2.75, 3.05) is 44.6 Å². The highest BCUT2D eigenvalue weighted by Crippen LogP contribution is 2.23. The highest BCUT2D eigenvalue weighted by atomic mass is 16.5. The number of nitrogens with one attached hydrogen (secondary N) is 2. The number of ether oxygens (including phenoxy) is 1. The molecule has 0 bridgehead atoms. The Labute approximate surface area is 138 Å². The first-order valence-corrected chi connectivity index (χ1v) is 7.88. The van der Waals surface area contributed by atoms with Gasteiger partial charge in [-0.15, -0.1) is 0 Å². The average molecular weight is 321 g/mol. The van der Waals surface area contributed by atoms with Gasteiger partial charge in [-0.1, -0.05) is 13.3 Å². The van der Waals surface area contributed by atoms with Gasteiger partial charge in [-0.25, -0.2) is 0 Å². The van der Waals surface area contributed by atoms with Crippen molar-refractivity contribution >= 4 is 23.2 Å². The van der Waals surface area contributed by atoms with Crippen LogP contribution in [0.15, 0.2) is 18.2 Å². The van der Waals surface area contributed by atoms with Crippen LogP contribution >= 0.6 is 0 Å². The van der Waals surface area contributed by atoms with E-state index in [-0.39, 0.29) is 11.8 Å². The molecule has 6 heteroatoms. The Kier molecular flexibility index (Phi) is 8.11. The number of methoxy groups -OCH3 is 1. The van der Waals surface area contributed by atoms with Crippen LogP contribution in [0.25, 0.3) is 0 Å². The van der Waals surface area contributed by atoms with Crippen molar-refractivity contribution in [3.05, 3.63) is 23.8 Å². The van der Waals surface area contributed by atoms with Crippen LogP contribution in [0.2, 0.25) is 0 Å². The van der Waals surface area contributed by atoms with Gasteiger partial charge in [0.1, 0.15) is 0 Å². The van der Waals surface area contributed by atoms with Crippen LogP contribution in [-0.4, -0.2) is 46.2 Å². The molecule has 0 aliphatic heterocycles. The van der Waals surface area contributed by atoms with E-state index in [0.717, 1.165) is 18.5 Å². The maximum Gasteiger partial charge on any atom is 0.253 e. The van der Waals surface area contributed by atoms with Crippen molar-refractivity contribution in [2.24, 2.45) is 0 Å². The molecule has 0 atom stereocenters. The van der Waals surface area contributed by atoms with Crippen molar-refractivity contribution < 1.29 is 14.3 Å². The molecular formula is C17H27N3O3. The Morgan fingerprint density at radius 1 is 1.26 bits per heavy atom. The van der Waals surface area contributed by atoms with Gasteiger partial charge in [-0.05, 0) is 24.6 Å². The Balaban J connectivity index is 2.89. The van der Waals surface area contributed by atoms with Gasteiger partial charge in [0.2, 0.25) is 5.91 Å². The quantitative estimate of drug-likeness (QED) is 0.685. The average Bonchev–Trinajstić information content (AvgIpc) is 2.52. The zero-order valence-electron chi connectivity index (χ0n) is 14.4. The summed E-state index contributed by atoms with van der Waals surface area (Å²) in [4.78, 5) is 26.1. The van der Waals surface area contributed by atoms with Crippen LogP contribution < -0.4 is 15.5 Å². The Morgan fingerprint density at radius 3 is 2.61 bits per heavy atom. The topological polar surface area (TPSA) is 70.7 Å². The van der Waals surface area contributed by atoms with Crippen LogP contribution in [0.4, 0.5) is 11.4 Å². The number of carbonyl (C=O) groups excluding carboxylic acids is 2.